The third-order valence-electron chi connectivity index (χ3n) is 4.05. The lowest BCUT2D eigenvalue weighted by Gasteiger charge is -2.29. The van der Waals surface area contributed by atoms with Gasteiger partial charge in [-0.15, -0.1) is 0 Å². The molecule has 1 N–H and O–H groups in total. The number of esters is 1. The van der Waals surface area contributed by atoms with Crippen molar-refractivity contribution in [1.82, 2.24) is 4.98 Å². The van der Waals surface area contributed by atoms with Crippen LogP contribution in [0.15, 0.2) is 36.5 Å². The highest BCUT2D eigenvalue weighted by molar-refractivity contribution is 5.99. The number of aromatic amines is 1. The molecule has 0 radical (unpaired) electrons. The summed E-state index contributed by atoms with van der Waals surface area (Å²) in [5.74, 6) is -1.05. The Morgan fingerprint density at radius 3 is 2.79 bits per heavy atom. The summed E-state index contributed by atoms with van der Waals surface area (Å²) in [5, 5.41) is 0. The minimum Gasteiger partial charge on any atom is -0.451 e. The second-order valence-corrected chi connectivity index (χ2v) is 5.71. The Morgan fingerprint density at radius 2 is 2.04 bits per heavy atom. The molecule has 0 spiro atoms. The van der Waals surface area contributed by atoms with Crippen LogP contribution < -0.4 is 4.90 Å². The van der Waals surface area contributed by atoms with Crippen LogP contribution in [0, 0.1) is 0 Å². The number of hydrogen-bond donors (Lipinski definition) is 1. The van der Waals surface area contributed by atoms with E-state index in [1.165, 1.54) is 19.2 Å². The Kier molecular flexibility index (Phi) is 4.46. The number of rotatable bonds is 4. The van der Waals surface area contributed by atoms with Crippen molar-refractivity contribution in [1.29, 1.82) is 0 Å². The van der Waals surface area contributed by atoms with Crippen molar-refractivity contribution in [2.75, 3.05) is 18.1 Å². The van der Waals surface area contributed by atoms with E-state index in [-0.39, 0.29) is 24.0 Å². The number of nitrogens with zero attached hydrogens (tertiary/aromatic N) is 1. The molecule has 1 amide bonds. The number of aryl methyl sites for hydroxylation is 1. The van der Waals surface area contributed by atoms with Crippen LogP contribution in [0.4, 0.5) is 5.69 Å². The summed E-state index contributed by atoms with van der Waals surface area (Å²) in [6, 6.07) is 9.16. The molecule has 124 valence electrons. The quantitative estimate of drug-likeness (QED) is 0.691. The van der Waals surface area contributed by atoms with E-state index in [2.05, 4.69) is 4.98 Å². The van der Waals surface area contributed by atoms with Gasteiger partial charge in [-0.2, -0.15) is 0 Å². The van der Waals surface area contributed by atoms with E-state index in [0.717, 1.165) is 24.1 Å². The van der Waals surface area contributed by atoms with E-state index in [4.69, 9.17) is 4.74 Å². The molecule has 0 unspecified atom stereocenters. The molecule has 6 heteroatoms. The van der Waals surface area contributed by atoms with Crippen molar-refractivity contribution in [3.63, 3.8) is 0 Å². The number of nitrogens with one attached hydrogen (secondary N) is 1. The highest BCUT2D eigenvalue weighted by atomic mass is 16.5. The lowest BCUT2D eigenvalue weighted by molar-refractivity contribution is -0.121. The molecule has 0 bridgehead atoms. The fourth-order valence-corrected chi connectivity index (χ4v) is 2.79. The monoisotopic (exact) mass is 326 g/mol. The molecule has 1 aromatic carbocycles. The van der Waals surface area contributed by atoms with Crippen LogP contribution in [0.3, 0.4) is 0 Å². The molecular weight excluding hydrogens is 308 g/mol. The van der Waals surface area contributed by atoms with Crippen molar-refractivity contribution < 1.29 is 19.1 Å². The molecule has 0 saturated carbocycles. The molecule has 0 atom stereocenters. The highest BCUT2D eigenvalue weighted by Crippen LogP contribution is 2.26. The number of fused-ring (bicyclic) bond motifs is 1. The second-order valence-electron chi connectivity index (χ2n) is 5.71. The fourth-order valence-electron chi connectivity index (χ4n) is 2.79. The highest BCUT2D eigenvalue weighted by Gasteiger charge is 2.23. The zero-order chi connectivity index (χ0) is 17.1. The molecule has 1 aliphatic heterocycles. The minimum absolute atomic E-state index is 0.147. The zero-order valence-electron chi connectivity index (χ0n) is 13.4. The summed E-state index contributed by atoms with van der Waals surface area (Å²) in [4.78, 5) is 40.0. The molecule has 6 nitrogen and oxygen atoms in total. The average Bonchev–Trinajstić information content (AvgIpc) is 3.09. The smallest absolute Gasteiger partial charge is 0.355 e. The van der Waals surface area contributed by atoms with Crippen molar-refractivity contribution in [3.8, 4) is 0 Å². The Bertz CT molecular complexity index is 794. The van der Waals surface area contributed by atoms with Gasteiger partial charge in [-0.3, -0.25) is 9.59 Å². The van der Waals surface area contributed by atoms with E-state index in [1.807, 2.05) is 24.3 Å². The van der Waals surface area contributed by atoms with Gasteiger partial charge in [-0.1, -0.05) is 18.2 Å². The topological polar surface area (TPSA) is 79.5 Å². The Balaban J connectivity index is 1.63. The molecular formula is C18H18N2O4. The molecule has 2 aromatic rings. The fraction of sp³-hybridized carbons (Fsp3) is 0.278. The van der Waals surface area contributed by atoms with E-state index in [0.29, 0.717) is 12.1 Å². The second kappa shape index (κ2) is 6.70. The molecule has 2 heterocycles. The summed E-state index contributed by atoms with van der Waals surface area (Å²) in [5.41, 5.74) is 2.56. The van der Waals surface area contributed by atoms with E-state index in [9.17, 15) is 14.4 Å². The number of H-pyrrole nitrogens is 1. The van der Waals surface area contributed by atoms with Gasteiger partial charge >= 0.3 is 5.97 Å². The number of benzene rings is 1. The molecule has 0 fully saturated rings. The largest absolute Gasteiger partial charge is 0.451 e. The zero-order valence-corrected chi connectivity index (χ0v) is 13.4. The van der Waals surface area contributed by atoms with E-state index >= 15 is 0 Å². The molecule has 1 aliphatic rings. The van der Waals surface area contributed by atoms with Crippen LogP contribution in [0.2, 0.25) is 0 Å². The summed E-state index contributed by atoms with van der Waals surface area (Å²) in [6.07, 6.45) is 3.27. The van der Waals surface area contributed by atoms with Gasteiger partial charge in [0.05, 0.1) is 0 Å². The molecule has 1 aromatic heterocycles. The molecule has 24 heavy (non-hydrogen) atoms. The number of ketones is 1. The van der Waals surface area contributed by atoms with Gasteiger partial charge in [0.25, 0.3) is 5.91 Å². The van der Waals surface area contributed by atoms with Crippen LogP contribution in [-0.4, -0.2) is 35.8 Å². The molecule has 0 saturated heterocycles. The maximum absolute atomic E-state index is 12.4. The first-order valence-electron chi connectivity index (χ1n) is 7.81. The van der Waals surface area contributed by atoms with Crippen molar-refractivity contribution in [2.24, 2.45) is 0 Å². The van der Waals surface area contributed by atoms with Crippen molar-refractivity contribution >= 4 is 23.3 Å². The summed E-state index contributed by atoms with van der Waals surface area (Å²) in [6.45, 7) is 1.70. The average molecular weight is 326 g/mol. The molecule has 0 aliphatic carbocycles. The number of hydrogen-bond acceptors (Lipinski definition) is 4. The predicted molar refractivity (Wildman–Crippen MR) is 88.2 cm³/mol. The van der Waals surface area contributed by atoms with Crippen LogP contribution in [0.5, 0.6) is 0 Å². The minimum atomic E-state index is -0.652. The standard InChI is InChI=1S/C18H18N2O4/c1-12(21)14-9-15(19-10-14)18(23)24-11-17(22)20-8-4-6-13-5-2-3-7-16(13)20/h2-3,5,7,9-10,19H,4,6,8,11H2,1H3. The lowest BCUT2D eigenvalue weighted by atomic mass is 10.0. The van der Waals surface area contributed by atoms with Crippen LogP contribution >= 0.6 is 0 Å². The SMILES string of the molecule is CC(=O)c1c[nH]c(C(=O)OCC(=O)N2CCCc3ccccc32)c1. The maximum Gasteiger partial charge on any atom is 0.355 e. The number of amides is 1. The van der Waals surface area contributed by atoms with Gasteiger partial charge in [-0.05, 0) is 37.5 Å². The van der Waals surface area contributed by atoms with Gasteiger partial charge < -0.3 is 14.6 Å². The van der Waals surface area contributed by atoms with Crippen molar-refractivity contribution in [3.05, 3.63) is 53.3 Å². The van der Waals surface area contributed by atoms with E-state index < -0.39 is 5.97 Å². The maximum atomic E-state index is 12.4. The Hall–Kier alpha value is -2.89. The predicted octanol–water partition coefficient (Wildman–Crippen LogP) is 2.35. The van der Waals surface area contributed by atoms with Crippen LogP contribution in [0.25, 0.3) is 0 Å². The number of carbonyl (C=O) groups excluding carboxylic acids is 3. The number of ether oxygens (including phenoxy) is 1. The normalized spacial score (nSPS) is 13.3. The van der Waals surface area contributed by atoms with Gasteiger partial charge in [0.1, 0.15) is 5.69 Å². The Labute approximate surface area is 139 Å². The number of carbonyl (C=O) groups is 3. The van der Waals surface area contributed by atoms with Crippen LogP contribution in [-0.2, 0) is 16.0 Å². The first kappa shape index (κ1) is 16.0. The number of aromatic nitrogens is 1. The third kappa shape index (κ3) is 3.22. The number of anilines is 1. The summed E-state index contributed by atoms with van der Waals surface area (Å²) >= 11 is 0. The van der Waals surface area contributed by atoms with Crippen molar-refractivity contribution in [2.45, 2.75) is 19.8 Å². The molecule has 3 rings (SSSR count). The first-order chi connectivity index (χ1) is 11.6. The van der Waals surface area contributed by atoms with Gasteiger partial charge in [0.2, 0.25) is 0 Å². The van der Waals surface area contributed by atoms with Gasteiger partial charge in [0.15, 0.2) is 12.4 Å². The number of para-hydroxylation sites is 1. The van der Waals surface area contributed by atoms with Gasteiger partial charge in [0, 0.05) is 24.0 Å². The van der Waals surface area contributed by atoms with E-state index in [1.54, 1.807) is 4.90 Å². The Morgan fingerprint density at radius 1 is 1.25 bits per heavy atom. The summed E-state index contributed by atoms with van der Waals surface area (Å²) < 4.78 is 5.08. The summed E-state index contributed by atoms with van der Waals surface area (Å²) in [7, 11) is 0. The third-order valence-corrected chi connectivity index (χ3v) is 4.05. The first-order valence-corrected chi connectivity index (χ1v) is 7.81. The van der Waals surface area contributed by atoms with Gasteiger partial charge in [-0.25, -0.2) is 4.79 Å². The number of Topliss-reactive ketones (excluding diaryl/α,β-unsaturated/α-hetero) is 1. The van der Waals surface area contributed by atoms with Crippen LogP contribution in [0.1, 0.15) is 39.8 Å². The lowest BCUT2D eigenvalue weighted by Crippen LogP contribution is -2.38.